The maximum absolute atomic E-state index is 13.6. The summed E-state index contributed by atoms with van der Waals surface area (Å²) >= 11 is 0. The number of nitrogens with one attached hydrogen (secondary N) is 1. The van der Waals surface area contributed by atoms with Gasteiger partial charge in [-0.3, -0.25) is 9.62 Å². The molecule has 8 heteroatoms. The molecule has 1 aliphatic carbocycles. The van der Waals surface area contributed by atoms with E-state index in [-0.39, 0.29) is 5.82 Å². The third-order valence-electron chi connectivity index (χ3n) is 3.80. The fourth-order valence-corrected chi connectivity index (χ4v) is 3.90. The van der Waals surface area contributed by atoms with Gasteiger partial charge in [-0.15, -0.1) is 0 Å². The van der Waals surface area contributed by atoms with Crippen molar-refractivity contribution in [3.63, 3.8) is 0 Å². The maximum atomic E-state index is 13.6. The summed E-state index contributed by atoms with van der Waals surface area (Å²) in [4.78, 5) is 6.51. The molecule has 0 spiro atoms. The van der Waals surface area contributed by atoms with Crippen molar-refractivity contribution in [3.8, 4) is 0 Å². The van der Waals surface area contributed by atoms with Crippen LogP contribution < -0.4 is 4.72 Å². The number of rotatable bonds is 6. The van der Waals surface area contributed by atoms with Gasteiger partial charge in [-0.1, -0.05) is 6.07 Å². The van der Waals surface area contributed by atoms with Crippen molar-refractivity contribution >= 4 is 15.8 Å². The Balaban J connectivity index is 1.63. The quantitative estimate of drug-likeness (QED) is 0.848. The van der Waals surface area contributed by atoms with Gasteiger partial charge in [0.2, 0.25) is 10.0 Å². The number of pyridine rings is 1. The summed E-state index contributed by atoms with van der Waals surface area (Å²) in [5.74, 6) is -0.245. The van der Waals surface area contributed by atoms with Gasteiger partial charge < -0.3 is 4.74 Å². The Morgan fingerprint density at radius 1 is 1.32 bits per heavy atom. The smallest absolute Gasteiger partial charge is 0.237 e. The number of morpholine rings is 1. The number of anilines is 1. The summed E-state index contributed by atoms with van der Waals surface area (Å²) in [6, 6.07) is 5.19. The van der Waals surface area contributed by atoms with E-state index < -0.39 is 21.4 Å². The first-order valence-corrected chi connectivity index (χ1v) is 9.05. The van der Waals surface area contributed by atoms with E-state index in [2.05, 4.69) is 14.6 Å². The number of ether oxygens (including phenoxy) is 1. The topological polar surface area (TPSA) is 71.5 Å². The molecule has 6 nitrogen and oxygen atoms in total. The van der Waals surface area contributed by atoms with Crippen LogP contribution in [0, 0.1) is 0 Å². The highest BCUT2D eigenvalue weighted by Gasteiger charge is 2.47. The first-order valence-electron chi connectivity index (χ1n) is 7.40. The number of aromatic nitrogens is 1. The second-order valence-corrected chi connectivity index (χ2v) is 7.64. The zero-order valence-corrected chi connectivity index (χ0v) is 13.1. The Bertz CT molecular complexity index is 628. The normalized spacial score (nSPS) is 21.5. The number of hydrogen-bond acceptors (Lipinski definition) is 5. The van der Waals surface area contributed by atoms with Crippen molar-refractivity contribution in [3.05, 3.63) is 23.9 Å². The number of nitrogens with zero attached hydrogens (tertiary/aromatic N) is 2. The van der Waals surface area contributed by atoms with Gasteiger partial charge in [0.05, 0.1) is 18.9 Å². The van der Waals surface area contributed by atoms with Crippen LogP contribution in [0.4, 0.5) is 10.2 Å². The van der Waals surface area contributed by atoms with Crippen molar-refractivity contribution in [1.29, 1.82) is 0 Å². The lowest BCUT2D eigenvalue weighted by atomic mass is 10.3. The zero-order chi connectivity index (χ0) is 15.6. The van der Waals surface area contributed by atoms with E-state index in [1.807, 2.05) is 6.07 Å². The number of alkyl halides is 1. The second kappa shape index (κ2) is 6.10. The summed E-state index contributed by atoms with van der Waals surface area (Å²) in [6.45, 7) is 3.71. The molecule has 0 atom stereocenters. The minimum atomic E-state index is -3.70. The minimum absolute atomic E-state index is 0.245. The fraction of sp³-hybridized carbons (Fsp3) is 0.643. The highest BCUT2D eigenvalue weighted by Crippen LogP contribution is 2.40. The van der Waals surface area contributed by atoms with Gasteiger partial charge in [0, 0.05) is 19.6 Å². The van der Waals surface area contributed by atoms with Crippen molar-refractivity contribution in [2.45, 2.75) is 25.1 Å². The van der Waals surface area contributed by atoms with E-state index in [0.717, 1.165) is 18.8 Å². The van der Waals surface area contributed by atoms with Crippen molar-refractivity contribution in [1.82, 2.24) is 9.88 Å². The Labute approximate surface area is 129 Å². The van der Waals surface area contributed by atoms with Gasteiger partial charge in [-0.25, -0.2) is 17.8 Å². The van der Waals surface area contributed by atoms with Crippen molar-refractivity contribution < 1.29 is 17.5 Å². The Hall–Kier alpha value is -1.25. The molecule has 122 valence electrons. The molecule has 1 saturated heterocycles. The van der Waals surface area contributed by atoms with Gasteiger partial charge in [0.1, 0.15) is 17.2 Å². The summed E-state index contributed by atoms with van der Waals surface area (Å²) < 4.78 is 45.2. The highest BCUT2D eigenvalue weighted by molar-refractivity contribution is 7.92. The average molecular weight is 329 g/mol. The van der Waals surface area contributed by atoms with Gasteiger partial charge in [-0.05, 0) is 25.0 Å². The third kappa shape index (κ3) is 4.37. The van der Waals surface area contributed by atoms with Gasteiger partial charge in [0.15, 0.2) is 0 Å². The standard InChI is InChI=1S/C14H20FN3O3S/c15-14(4-5-14)11-22(19,20)17-13-3-1-2-12(16-13)10-18-6-8-21-9-7-18/h1-3H,4-11H2,(H,16,17). The number of hydrogen-bond donors (Lipinski definition) is 1. The van der Waals surface area contributed by atoms with E-state index in [4.69, 9.17) is 4.74 Å². The molecule has 0 radical (unpaired) electrons. The largest absolute Gasteiger partial charge is 0.379 e. The zero-order valence-electron chi connectivity index (χ0n) is 12.3. The molecule has 22 heavy (non-hydrogen) atoms. The Morgan fingerprint density at radius 3 is 2.73 bits per heavy atom. The monoisotopic (exact) mass is 329 g/mol. The van der Waals surface area contributed by atoms with Crippen LogP contribution in [0.1, 0.15) is 18.5 Å². The Morgan fingerprint density at radius 2 is 2.05 bits per heavy atom. The SMILES string of the molecule is O=S(=O)(CC1(F)CC1)Nc1cccc(CN2CCOCC2)n1. The first-order chi connectivity index (χ1) is 10.4. The summed E-state index contributed by atoms with van der Waals surface area (Å²) in [5.41, 5.74) is -0.763. The predicted molar refractivity (Wildman–Crippen MR) is 80.8 cm³/mol. The maximum Gasteiger partial charge on any atom is 0.237 e. The molecule has 3 rings (SSSR count). The molecule has 0 aromatic carbocycles. The summed E-state index contributed by atoms with van der Waals surface area (Å²) in [6.07, 6.45) is 0.636. The molecular weight excluding hydrogens is 309 g/mol. The second-order valence-electron chi connectivity index (χ2n) is 5.91. The van der Waals surface area contributed by atoms with Gasteiger partial charge in [0.25, 0.3) is 0 Å². The van der Waals surface area contributed by atoms with Crippen LogP contribution in [0.3, 0.4) is 0 Å². The molecule has 0 bridgehead atoms. The lowest BCUT2D eigenvalue weighted by molar-refractivity contribution is 0.0337. The van der Waals surface area contributed by atoms with Crippen molar-refractivity contribution in [2.75, 3.05) is 36.8 Å². The van der Waals surface area contributed by atoms with Crippen LogP contribution in [0.25, 0.3) is 0 Å². The van der Waals surface area contributed by atoms with Crippen LogP contribution in [-0.2, 0) is 21.3 Å². The van der Waals surface area contributed by atoms with Crippen LogP contribution in [0.2, 0.25) is 0 Å². The molecule has 2 aliphatic rings. The minimum Gasteiger partial charge on any atom is -0.379 e. The predicted octanol–water partition coefficient (Wildman–Crippen LogP) is 1.16. The first kappa shape index (κ1) is 15.6. The van der Waals surface area contributed by atoms with Gasteiger partial charge in [-0.2, -0.15) is 0 Å². The van der Waals surface area contributed by atoms with Gasteiger partial charge >= 0.3 is 0 Å². The van der Waals surface area contributed by atoms with Crippen LogP contribution in [0.5, 0.6) is 0 Å². The average Bonchev–Trinajstić information content (AvgIpc) is 3.15. The molecule has 1 aromatic rings. The lowest BCUT2D eigenvalue weighted by Gasteiger charge is -2.26. The highest BCUT2D eigenvalue weighted by atomic mass is 32.2. The summed E-state index contributed by atoms with van der Waals surface area (Å²) in [7, 11) is -3.70. The Kier molecular flexibility index (Phi) is 4.33. The molecule has 1 saturated carbocycles. The summed E-state index contributed by atoms with van der Waals surface area (Å²) in [5, 5.41) is 0. The van der Waals surface area contributed by atoms with E-state index >= 15 is 0 Å². The third-order valence-corrected chi connectivity index (χ3v) is 5.21. The molecule has 1 aromatic heterocycles. The molecule has 1 N–H and O–H groups in total. The molecule has 0 amide bonds. The van der Waals surface area contributed by atoms with E-state index in [1.54, 1.807) is 12.1 Å². The fourth-order valence-electron chi connectivity index (χ4n) is 2.43. The molecule has 0 unspecified atom stereocenters. The molecule has 2 fully saturated rings. The van der Waals surface area contributed by atoms with Crippen LogP contribution in [0.15, 0.2) is 18.2 Å². The van der Waals surface area contributed by atoms with E-state index in [0.29, 0.717) is 32.6 Å². The van der Waals surface area contributed by atoms with E-state index in [9.17, 15) is 12.8 Å². The van der Waals surface area contributed by atoms with Crippen LogP contribution in [-0.4, -0.2) is 56.0 Å². The van der Waals surface area contributed by atoms with E-state index in [1.165, 1.54) is 0 Å². The number of halogens is 1. The molecular formula is C14H20FN3O3S. The number of sulfonamides is 1. The van der Waals surface area contributed by atoms with Crippen molar-refractivity contribution in [2.24, 2.45) is 0 Å². The molecule has 1 aliphatic heterocycles. The van der Waals surface area contributed by atoms with Crippen LogP contribution >= 0.6 is 0 Å². The molecule has 2 heterocycles. The lowest BCUT2D eigenvalue weighted by Crippen LogP contribution is -2.35.